The Labute approximate surface area is 186 Å². The maximum Gasteiger partial charge on any atom is 0.130 e. The second-order valence-electron chi connectivity index (χ2n) is 8.57. The van der Waals surface area contributed by atoms with Gasteiger partial charge in [-0.05, 0) is 79.7 Å². The summed E-state index contributed by atoms with van der Waals surface area (Å²) in [5.41, 5.74) is 7.30. The molecule has 0 amide bonds. The van der Waals surface area contributed by atoms with E-state index in [0.717, 1.165) is 31.1 Å². The molecule has 2 heterocycles. The molecular weight excluding hydrogens is 382 g/mol. The number of hydrogen-bond donors (Lipinski definition) is 1. The van der Waals surface area contributed by atoms with Gasteiger partial charge in [0.25, 0.3) is 0 Å². The topological polar surface area (TPSA) is 37.4 Å². The SMILES string of the molecule is Cc1cc(CNCc2ccc(CN3CCCC3)cc2)cc(C)c1OCc1ccccn1. The fourth-order valence-corrected chi connectivity index (χ4v) is 4.31. The molecule has 0 aliphatic carbocycles. The third-order valence-electron chi connectivity index (χ3n) is 5.90. The van der Waals surface area contributed by atoms with Gasteiger partial charge in [0.1, 0.15) is 12.4 Å². The monoisotopic (exact) mass is 415 g/mol. The quantitative estimate of drug-likeness (QED) is 0.524. The van der Waals surface area contributed by atoms with Crippen LogP contribution >= 0.6 is 0 Å². The Morgan fingerprint density at radius 3 is 2.23 bits per heavy atom. The lowest BCUT2D eigenvalue weighted by molar-refractivity contribution is 0.297. The Bertz CT molecular complexity index is 941. The summed E-state index contributed by atoms with van der Waals surface area (Å²) >= 11 is 0. The number of nitrogens with zero attached hydrogens (tertiary/aromatic N) is 2. The van der Waals surface area contributed by atoms with Crippen molar-refractivity contribution in [1.29, 1.82) is 0 Å². The zero-order valence-electron chi connectivity index (χ0n) is 18.7. The van der Waals surface area contributed by atoms with E-state index in [1.165, 1.54) is 53.7 Å². The zero-order chi connectivity index (χ0) is 21.5. The summed E-state index contributed by atoms with van der Waals surface area (Å²) in [5, 5.41) is 3.58. The average molecular weight is 416 g/mol. The van der Waals surface area contributed by atoms with Crippen molar-refractivity contribution < 1.29 is 4.74 Å². The van der Waals surface area contributed by atoms with Crippen molar-refractivity contribution in [3.05, 3.63) is 94.3 Å². The molecule has 31 heavy (non-hydrogen) atoms. The Kier molecular flexibility index (Phi) is 7.34. The highest BCUT2D eigenvalue weighted by Crippen LogP contribution is 2.25. The number of likely N-dealkylation sites (tertiary alicyclic amines) is 1. The molecule has 1 aliphatic rings. The Hall–Kier alpha value is -2.69. The number of aryl methyl sites for hydroxylation is 2. The molecule has 0 bridgehead atoms. The molecule has 4 nitrogen and oxygen atoms in total. The predicted molar refractivity (Wildman–Crippen MR) is 126 cm³/mol. The highest BCUT2D eigenvalue weighted by atomic mass is 16.5. The van der Waals surface area contributed by atoms with Crippen molar-refractivity contribution in [3.8, 4) is 5.75 Å². The number of pyridine rings is 1. The van der Waals surface area contributed by atoms with E-state index in [9.17, 15) is 0 Å². The molecule has 1 fully saturated rings. The number of benzene rings is 2. The fraction of sp³-hybridized carbons (Fsp3) is 0.370. The number of nitrogens with one attached hydrogen (secondary N) is 1. The van der Waals surface area contributed by atoms with Gasteiger partial charge in [0.2, 0.25) is 0 Å². The lowest BCUT2D eigenvalue weighted by Crippen LogP contribution is -2.18. The molecule has 162 valence electrons. The Morgan fingerprint density at radius 2 is 1.55 bits per heavy atom. The first-order valence-corrected chi connectivity index (χ1v) is 11.3. The van der Waals surface area contributed by atoms with Gasteiger partial charge in [0.15, 0.2) is 0 Å². The molecule has 4 rings (SSSR count). The van der Waals surface area contributed by atoms with E-state index in [1.807, 2.05) is 18.2 Å². The van der Waals surface area contributed by atoms with Crippen LogP contribution in [0.5, 0.6) is 5.75 Å². The van der Waals surface area contributed by atoms with Gasteiger partial charge in [0, 0.05) is 25.8 Å². The molecule has 0 saturated carbocycles. The lowest BCUT2D eigenvalue weighted by atomic mass is 10.1. The summed E-state index contributed by atoms with van der Waals surface area (Å²) in [4.78, 5) is 6.88. The van der Waals surface area contributed by atoms with Crippen molar-refractivity contribution in [2.45, 2.75) is 52.9 Å². The first-order valence-electron chi connectivity index (χ1n) is 11.3. The number of hydrogen-bond acceptors (Lipinski definition) is 4. The molecule has 0 radical (unpaired) electrons. The third kappa shape index (κ3) is 6.16. The predicted octanol–water partition coefficient (Wildman–Crippen LogP) is 5.16. The van der Waals surface area contributed by atoms with E-state index in [4.69, 9.17) is 4.74 Å². The molecule has 4 heteroatoms. The number of aromatic nitrogens is 1. The van der Waals surface area contributed by atoms with E-state index in [1.54, 1.807) is 6.20 Å². The molecule has 1 saturated heterocycles. The van der Waals surface area contributed by atoms with Crippen LogP contribution in [-0.2, 0) is 26.2 Å². The molecular formula is C27H33N3O. The highest BCUT2D eigenvalue weighted by molar-refractivity contribution is 5.43. The van der Waals surface area contributed by atoms with Gasteiger partial charge in [0.05, 0.1) is 5.69 Å². The van der Waals surface area contributed by atoms with Gasteiger partial charge in [-0.2, -0.15) is 0 Å². The molecule has 2 aromatic carbocycles. The highest BCUT2D eigenvalue weighted by Gasteiger charge is 2.11. The van der Waals surface area contributed by atoms with Gasteiger partial charge in [-0.1, -0.05) is 42.5 Å². The molecule has 0 atom stereocenters. The lowest BCUT2D eigenvalue weighted by Gasteiger charge is -2.15. The maximum atomic E-state index is 6.05. The third-order valence-corrected chi connectivity index (χ3v) is 5.90. The zero-order valence-corrected chi connectivity index (χ0v) is 18.7. The van der Waals surface area contributed by atoms with Crippen LogP contribution < -0.4 is 10.1 Å². The number of rotatable bonds is 9. The molecule has 3 aromatic rings. The molecule has 1 aromatic heterocycles. The van der Waals surface area contributed by atoms with Crippen LogP contribution in [0.15, 0.2) is 60.8 Å². The van der Waals surface area contributed by atoms with E-state index in [0.29, 0.717) is 6.61 Å². The van der Waals surface area contributed by atoms with E-state index < -0.39 is 0 Å². The van der Waals surface area contributed by atoms with Crippen molar-refractivity contribution in [3.63, 3.8) is 0 Å². The van der Waals surface area contributed by atoms with Gasteiger partial charge >= 0.3 is 0 Å². The summed E-state index contributed by atoms with van der Waals surface area (Å²) in [6, 6.07) is 19.4. The minimum absolute atomic E-state index is 0.494. The normalized spacial score (nSPS) is 14.1. The van der Waals surface area contributed by atoms with Gasteiger partial charge in [-0.25, -0.2) is 0 Å². The summed E-state index contributed by atoms with van der Waals surface area (Å²) in [7, 11) is 0. The smallest absolute Gasteiger partial charge is 0.130 e. The average Bonchev–Trinajstić information content (AvgIpc) is 3.28. The van der Waals surface area contributed by atoms with E-state index >= 15 is 0 Å². The standard InChI is InChI=1S/C27H33N3O/c1-21-15-25(16-22(2)27(21)31-20-26-7-3-4-12-29-26)18-28-17-23-8-10-24(11-9-23)19-30-13-5-6-14-30/h3-4,7-12,15-16,28H,5-6,13-14,17-20H2,1-2H3. The Morgan fingerprint density at radius 1 is 0.871 bits per heavy atom. The molecule has 0 unspecified atom stereocenters. The maximum absolute atomic E-state index is 6.05. The fourth-order valence-electron chi connectivity index (χ4n) is 4.31. The van der Waals surface area contributed by atoms with E-state index in [-0.39, 0.29) is 0 Å². The Balaban J connectivity index is 1.27. The van der Waals surface area contributed by atoms with Crippen LogP contribution in [0, 0.1) is 13.8 Å². The van der Waals surface area contributed by atoms with Crippen molar-refractivity contribution in [1.82, 2.24) is 15.2 Å². The van der Waals surface area contributed by atoms with Crippen molar-refractivity contribution in [2.75, 3.05) is 13.1 Å². The van der Waals surface area contributed by atoms with Crippen LogP contribution in [0.3, 0.4) is 0 Å². The molecule has 1 N–H and O–H groups in total. The van der Waals surface area contributed by atoms with Gasteiger partial charge in [-0.15, -0.1) is 0 Å². The largest absolute Gasteiger partial charge is 0.487 e. The van der Waals surface area contributed by atoms with Crippen LogP contribution in [0.2, 0.25) is 0 Å². The minimum atomic E-state index is 0.494. The number of ether oxygens (including phenoxy) is 1. The molecule has 1 aliphatic heterocycles. The first-order chi connectivity index (χ1) is 15.2. The van der Waals surface area contributed by atoms with Crippen LogP contribution in [-0.4, -0.2) is 23.0 Å². The summed E-state index contributed by atoms with van der Waals surface area (Å²) < 4.78 is 6.05. The summed E-state index contributed by atoms with van der Waals surface area (Å²) in [5.74, 6) is 0.961. The van der Waals surface area contributed by atoms with Gasteiger partial charge in [-0.3, -0.25) is 9.88 Å². The van der Waals surface area contributed by atoms with Crippen LogP contribution in [0.1, 0.15) is 46.4 Å². The summed E-state index contributed by atoms with van der Waals surface area (Å²) in [6.07, 6.45) is 4.49. The van der Waals surface area contributed by atoms with E-state index in [2.05, 4.69) is 65.4 Å². The van der Waals surface area contributed by atoms with Crippen molar-refractivity contribution in [2.24, 2.45) is 0 Å². The van der Waals surface area contributed by atoms with Crippen molar-refractivity contribution >= 4 is 0 Å². The first kappa shape index (κ1) is 21.5. The minimum Gasteiger partial charge on any atom is -0.487 e. The second kappa shape index (κ2) is 10.6. The second-order valence-corrected chi connectivity index (χ2v) is 8.57. The van der Waals surface area contributed by atoms with Gasteiger partial charge < -0.3 is 10.1 Å². The molecule has 0 spiro atoms. The van der Waals surface area contributed by atoms with Crippen LogP contribution in [0.4, 0.5) is 0 Å². The summed E-state index contributed by atoms with van der Waals surface area (Å²) in [6.45, 7) is 10.0. The van der Waals surface area contributed by atoms with Crippen LogP contribution in [0.25, 0.3) is 0 Å².